The van der Waals surface area contributed by atoms with Gasteiger partial charge in [-0.25, -0.2) is 0 Å². The number of Topliss-reactive ketones (excluding diaryl/α,β-unsaturated/α-hetero) is 1. The first kappa shape index (κ1) is 25.7. The third-order valence-electron chi connectivity index (χ3n) is 7.03. The molecule has 1 aliphatic heterocycles. The smallest absolute Gasteiger partial charge is 0.169 e. The van der Waals surface area contributed by atoms with Crippen molar-refractivity contribution in [3.63, 3.8) is 0 Å². The van der Waals surface area contributed by atoms with E-state index in [1.807, 2.05) is 72.8 Å². The van der Waals surface area contributed by atoms with E-state index in [0.29, 0.717) is 18.0 Å². The summed E-state index contributed by atoms with van der Waals surface area (Å²) >= 11 is 0. The summed E-state index contributed by atoms with van der Waals surface area (Å²) in [7, 11) is 1.65. The number of hydrogen-bond acceptors (Lipinski definition) is 5. The summed E-state index contributed by atoms with van der Waals surface area (Å²) in [6, 6.07) is 36.1. The molecule has 4 aromatic carbocycles. The Kier molecular flexibility index (Phi) is 8.49. The van der Waals surface area contributed by atoms with Crippen LogP contribution in [-0.2, 0) is 11.3 Å². The van der Waals surface area contributed by atoms with Gasteiger partial charge in [-0.2, -0.15) is 0 Å². The van der Waals surface area contributed by atoms with Gasteiger partial charge in [-0.05, 0) is 41.0 Å². The lowest BCUT2D eigenvalue weighted by Crippen LogP contribution is -2.48. The molecule has 1 heterocycles. The number of methoxy groups -OCH3 is 1. The maximum atomic E-state index is 13.5. The van der Waals surface area contributed by atoms with Crippen LogP contribution in [0, 0.1) is 0 Å². The van der Waals surface area contributed by atoms with Gasteiger partial charge in [0, 0.05) is 32.7 Å². The van der Waals surface area contributed by atoms with E-state index in [1.54, 1.807) is 7.11 Å². The van der Waals surface area contributed by atoms with Crippen LogP contribution >= 0.6 is 0 Å². The van der Waals surface area contributed by atoms with E-state index in [2.05, 4.69) is 46.2 Å². The number of carbonyl (C=O) groups is 1. The minimum Gasteiger partial charge on any atom is -0.493 e. The summed E-state index contributed by atoms with van der Waals surface area (Å²) in [6.07, 6.45) is 0. The molecule has 0 N–H and O–H groups in total. The highest BCUT2D eigenvalue weighted by Gasteiger charge is 2.26. The van der Waals surface area contributed by atoms with Gasteiger partial charge in [0.15, 0.2) is 17.3 Å². The maximum absolute atomic E-state index is 13.5. The molecule has 4 aromatic rings. The summed E-state index contributed by atoms with van der Waals surface area (Å²) in [5.74, 6) is 2.22. The predicted molar refractivity (Wildman–Crippen MR) is 151 cm³/mol. The number of hydrogen-bond donors (Lipinski definition) is 0. The van der Waals surface area contributed by atoms with Crippen molar-refractivity contribution < 1.29 is 14.3 Å². The van der Waals surface area contributed by atoms with Crippen LogP contribution in [0.5, 0.6) is 17.2 Å². The van der Waals surface area contributed by atoms with Gasteiger partial charge < -0.3 is 9.47 Å². The Morgan fingerprint density at radius 1 is 0.711 bits per heavy atom. The van der Waals surface area contributed by atoms with Gasteiger partial charge in [-0.15, -0.1) is 0 Å². The van der Waals surface area contributed by atoms with Crippen LogP contribution in [0.15, 0.2) is 109 Å². The molecule has 0 spiro atoms. The Labute approximate surface area is 225 Å². The van der Waals surface area contributed by atoms with Crippen molar-refractivity contribution in [2.45, 2.75) is 12.5 Å². The van der Waals surface area contributed by atoms with Crippen LogP contribution in [0.3, 0.4) is 0 Å². The zero-order valence-electron chi connectivity index (χ0n) is 21.8. The lowest BCUT2D eigenvalue weighted by atomic mass is 9.87. The average Bonchev–Trinajstić information content (AvgIpc) is 2.96. The molecule has 194 valence electrons. The molecule has 0 atom stereocenters. The van der Waals surface area contributed by atoms with Crippen molar-refractivity contribution in [3.8, 4) is 17.2 Å². The van der Waals surface area contributed by atoms with E-state index in [4.69, 9.17) is 9.47 Å². The predicted octanol–water partition coefficient (Wildman–Crippen LogP) is 6.01. The largest absolute Gasteiger partial charge is 0.493 e. The van der Waals surface area contributed by atoms with Crippen LogP contribution in [0.2, 0.25) is 0 Å². The molecule has 0 amide bonds. The zero-order valence-corrected chi connectivity index (χ0v) is 21.8. The number of piperazine rings is 1. The van der Waals surface area contributed by atoms with Crippen LogP contribution < -0.4 is 9.47 Å². The monoisotopic (exact) mass is 506 g/mol. The van der Waals surface area contributed by atoms with Crippen LogP contribution in [-0.4, -0.2) is 55.4 Å². The third-order valence-corrected chi connectivity index (χ3v) is 7.03. The summed E-state index contributed by atoms with van der Waals surface area (Å²) in [6.45, 7) is 4.91. The minimum absolute atomic E-state index is 0.235. The van der Waals surface area contributed by atoms with E-state index in [1.165, 1.54) is 5.56 Å². The van der Waals surface area contributed by atoms with Crippen molar-refractivity contribution >= 4 is 5.78 Å². The Balaban J connectivity index is 1.17. The SMILES string of the molecule is COc1ccccc1Oc1cccc(CN2CCN(CC(=O)C(c3ccccc3)c3ccccc3)CC2)c1. The molecule has 5 rings (SSSR count). The van der Waals surface area contributed by atoms with Gasteiger partial charge in [0.1, 0.15) is 5.75 Å². The highest BCUT2D eigenvalue weighted by Crippen LogP contribution is 2.31. The molecular weight excluding hydrogens is 472 g/mol. The molecule has 0 aliphatic carbocycles. The van der Waals surface area contributed by atoms with Gasteiger partial charge in [0.2, 0.25) is 0 Å². The van der Waals surface area contributed by atoms with Gasteiger partial charge in [-0.3, -0.25) is 14.6 Å². The first-order valence-electron chi connectivity index (χ1n) is 13.2. The van der Waals surface area contributed by atoms with Crippen molar-refractivity contribution in [1.29, 1.82) is 0 Å². The summed E-state index contributed by atoms with van der Waals surface area (Å²) in [5.41, 5.74) is 3.31. The molecule has 0 radical (unpaired) electrons. The Morgan fingerprint density at radius 2 is 1.29 bits per heavy atom. The van der Waals surface area contributed by atoms with E-state index in [9.17, 15) is 4.79 Å². The van der Waals surface area contributed by atoms with Crippen LogP contribution in [0.1, 0.15) is 22.6 Å². The minimum atomic E-state index is -0.235. The van der Waals surface area contributed by atoms with E-state index in [-0.39, 0.29) is 11.7 Å². The summed E-state index contributed by atoms with van der Waals surface area (Å²) in [5, 5.41) is 0. The van der Waals surface area contributed by atoms with E-state index < -0.39 is 0 Å². The second-order valence-electron chi connectivity index (χ2n) is 9.67. The lowest BCUT2D eigenvalue weighted by Gasteiger charge is -2.35. The van der Waals surface area contributed by atoms with Crippen molar-refractivity contribution in [2.24, 2.45) is 0 Å². The highest BCUT2D eigenvalue weighted by molar-refractivity contribution is 5.90. The second-order valence-corrected chi connectivity index (χ2v) is 9.67. The Bertz CT molecular complexity index is 1280. The van der Waals surface area contributed by atoms with Gasteiger partial charge >= 0.3 is 0 Å². The van der Waals surface area contributed by atoms with E-state index >= 15 is 0 Å². The number of carbonyl (C=O) groups excluding carboxylic acids is 1. The molecular formula is C33H34N2O3. The molecule has 5 nitrogen and oxygen atoms in total. The van der Waals surface area contributed by atoms with Crippen LogP contribution in [0.25, 0.3) is 0 Å². The van der Waals surface area contributed by atoms with Crippen molar-refractivity contribution in [3.05, 3.63) is 126 Å². The van der Waals surface area contributed by atoms with Crippen molar-refractivity contribution in [1.82, 2.24) is 9.80 Å². The Hall–Kier alpha value is -3.93. The second kappa shape index (κ2) is 12.5. The number of benzene rings is 4. The van der Waals surface area contributed by atoms with Crippen LogP contribution in [0.4, 0.5) is 0 Å². The molecule has 0 bridgehead atoms. The first-order chi connectivity index (χ1) is 18.7. The Morgan fingerprint density at radius 3 is 1.92 bits per heavy atom. The maximum Gasteiger partial charge on any atom is 0.169 e. The topological polar surface area (TPSA) is 42.0 Å². The fourth-order valence-corrected chi connectivity index (χ4v) is 5.07. The normalized spacial score (nSPS) is 14.4. The summed E-state index contributed by atoms with van der Waals surface area (Å²) < 4.78 is 11.5. The molecule has 1 saturated heterocycles. The van der Waals surface area contributed by atoms with Gasteiger partial charge in [-0.1, -0.05) is 84.9 Å². The highest BCUT2D eigenvalue weighted by atomic mass is 16.5. The lowest BCUT2D eigenvalue weighted by molar-refractivity contribution is -0.121. The average molecular weight is 507 g/mol. The van der Waals surface area contributed by atoms with Gasteiger partial charge in [0.25, 0.3) is 0 Å². The standard InChI is InChI=1S/C33H34N2O3/c1-37-31-17-8-9-18-32(31)38-29-16-10-11-26(23-29)24-34-19-21-35(22-20-34)25-30(36)33(27-12-4-2-5-13-27)28-14-6-3-7-15-28/h2-18,23,33H,19-22,24-25H2,1H3. The first-order valence-corrected chi connectivity index (χ1v) is 13.2. The quantitative estimate of drug-likeness (QED) is 0.264. The molecule has 0 aromatic heterocycles. The number of ether oxygens (including phenoxy) is 2. The molecule has 0 saturated carbocycles. The fraction of sp³-hybridized carbons (Fsp3) is 0.242. The molecule has 5 heteroatoms. The van der Waals surface area contributed by atoms with E-state index in [0.717, 1.165) is 49.6 Å². The van der Waals surface area contributed by atoms with Crippen molar-refractivity contribution in [2.75, 3.05) is 39.8 Å². The molecule has 38 heavy (non-hydrogen) atoms. The van der Waals surface area contributed by atoms with Gasteiger partial charge in [0.05, 0.1) is 19.6 Å². The zero-order chi connectivity index (χ0) is 26.2. The summed E-state index contributed by atoms with van der Waals surface area (Å²) in [4.78, 5) is 18.3. The number of nitrogens with zero attached hydrogens (tertiary/aromatic N) is 2. The fourth-order valence-electron chi connectivity index (χ4n) is 5.07. The molecule has 1 fully saturated rings. The third kappa shape index (κ3) is 6.49. The molecule has 1 aliphatic rings. The number of para-hydroxylation sites is 2. The number of rotatable bonds is 10. The number of ketones is 1. The molecule has 0 unspecified atom stereocenters.